The fourth-order valence-corrected chi connectivity index (χ4v) is 5.63. The molecule has 0 radical (unpaired) electrons. The molecule has 2 saturated heterocycles. The minimum atomic E-state index is -0.285. The Balaban J connectivity index is 1.21. The maximum Gasteiger partial charge on any atom is 0.275 e. The van der Waals surface area contributed by atoms with Crippen molar-refractivity contribution in [1.29, 1.82) is 5.26 Å². The average molecular weight is 516 g/mol. The summed E-state index contributed by atoms with van der Waals surface area (Å²) in [6, 6.07) is 15.3. The highest BCUT2D eigenvalue weighted by molar-refractivity contribution is 7.14. The molecule has 8 nitrogen and oxygen atoms in total. The van der Waals surface area contributed by atoms with E-state index in [1.165, 1.54) is 16.9 Å². The number of nitrogens with zero attached hydrogens (tertiary/aromatic N) is 4. The van der Waals surface area contributed by atoms with Crippen LogP contribution >= 0.6 is 11.3 Å². The Morgan fingerprint density at radius 3 is 2.51 bits per heavy atom. The van der Waals surface area contributed by atoms with Gasteiger partial charge in [-0.05, 0) is 61.1 Å². The van der Waals surface area contributed by atoms with Gasteiger partial charge in [0.15, 0.2) is 5.13 Å². The summed E-state index contributed by atoms with van der Waals surface area (Å²) in [5.41, 5.74) is 4.30. The number of rotatable bonds is 5. The second kappa shape index (κ2) is 11.1. The van der Waals surface area contributed by atoms with E-state index in [0.717, 1.165) is 36.6 Å². The first-order chi connectivity index (χ1) is 18.0. The molecule has 0 unspecified atom stereocenters. The molecule has 37 heavy (non-hydrogen) atoms. The van der Waals surface area contributed by atoms with Crippen molar-refractivity contribution in [2.75, 3.05) is 49.6 Å². The first kappa shape index (κ1) is 24.9. The zero-order valence-corrected chi connectivity index (χ0v) is 21.6. The number of aromatic nitrogens is 1. The molecule has 190 valence electrons. The van der Waals surface area contributed by atoms with Gasteiger partial charge in [-0.25, -0.2) is 4.98 Å². The smallest absolute Gasteiger partial charge is 0.275 e. The number of likely N-dealkylation sites (tertiary alicyclic amines) is 1. The molecule has 0 saturated carbocycles. The predicted octanol–water partition coefficient (Wildman–Crippen LogP) is 4.43. The molecule has 0 spiro atoms. The van der Waals surface area contributed by atoms with E-state index >= 15 is 0 Å². The zero-order chi connectivity index (χ0) is 25.8. The van der Waals surface area contributed by atoms with Gasteiger partial charge >= 0.3 is 0 Å². The van der Waals surface area contributed by atoms with E-state index in [2.05, 4.69) is 21.3 Å². The molecule has 3 aromatic rings. The summed E-state index contributed by atoms with van der Waals surface area (Å²) < 4.78 is 5.39. The van der Waals surface area contributed by atoms with Gasteiger partial charge in [-0.15, -0.1) is 11.3 Å². The number of morpholine rings is 1. The predicted molar refractivity (Wildman–Crippen MR) is 143 cm³/mol. The second-order valence-electron chi connectivity index (χ2n) is 9.40. The number of aryl methyl sites for hydroxylation is 1. The van der Waals surface area contributed by atoms with Crippen LogP contribution in [0.25, 0.3) is 0 Å². The van der Waals surface area contributed by atoms with Gasteiger partial charge in [0.2, 0.25) is 0 Å². The third-order valence-electron chi connectivity index (χ3n) is 7.03. The van der Waals surface area contributed by atoms with Crippen molar-refractivity contribution in [2.45, 2.75) is 25.7 Å². The monoisotopic (exact) mass is 515 g/mol. The van der Waals surface area contributed by atoms with Crippen molar-refractivity contribution in [3.63, 3.8) is 0 Å². The Morgan fingerprint density at radius 1 is 1.08 bits per heavy atom. The highest BCUT2D eigenvalue weighted by Crippen LogP contribution is 2.29. The molecule has 2 aliphatic heterocycles. The topological polar surface area (TPSA) is 98.6 Å². The van der Waals surface area contributed by atoms with Crippen LogP contribution in [0.4, 0.5) is 10.8 Å². The zero-order valence-electron chi connectivity index (χ0n) is 20.8. The molecule has 2 aliphatic rings. The van der Waals surface area contributed by atoms with Gasteiger partial charge in [-0.2, -0.15) is 5.26 Å². The highest BCUT2D eigenvalue weighted by atomic mass is 32.1. The van der Waals surface area contributed by atoms with E-state index < -0.39 is 0 Å². The normalized spacial score (nSPS) is 16.3. The molecule has 1 aromatic heterocycles. The van der Waals surface area contributed by atoms with E-state index in [0.29, 0.717) is 54.7 Å². The number of benzene rings is 2. The summed E-state index contributed by atoms with van der Waals surface area (Å²) >= 11 is 1.45. The van der Waals surface area contributed by atoms with E-state index in [1.807, 2.05) is 48.2 Å². The molecule has 2 amide bonds. The number of carbonyl (C=O) groups is 2. The van der Waals surface area contributed by atoms with Crippen molar-refractivity contribution in [3.8, 4) is 6.07 Å². The molecule has 3 heterocycles. The van der Waals surface area contributed by atoms with Gasteiger partial charge in [-0.1, -0.05) is 18.2 Å². The average Bonchev–Trinajstić information content (AvgIpc) is 3.45. The molecular formula is C28H29N5O3S. The number of nitriles is 1. The largest absolute Gasteiger partial charge is 0.378 e. The van der Waals surface area contributed by atoms with Crippen LogP contribution in [0.5, 0.6) is 0 Å². The Bertz CT molecular complexity index is 1320. The molecule has 2 fully saturated rings. The number of anilines is 2. The Morgan fingerprint density at radius 2 is 1.81 bits per heavy atom. The molecule has 2 aromatic carbocycles. The number of nitrogens with one attached hydrogen (secondary N) is 1. The molecule has 0 atom stereocenters. The molecule has 9 heteroatoms. The molecule has 5 rings (SSSR count). The van der Waals surface area contributed by atoms with Gasteiger partial charge in [0, 0.05) is 42.8 Å². The minimum absolute atomic E-state index is 0.0305. The van der Waals surface area contributed by atoms with Crippen molar-refractivity contribution >= 4 is 34.0 Å². The summed E-state index contributed by atoms with van der Waals surface area (Å²) in [6.45, 7) is 6.10. The maximum atomic E-state index is 13.3. The van der Waals surface area contributed by atoms with Gasteiger partial charge in [0.1, 0.15) is 5.69 Å². The number of amides is 2. The fraction of sp³-hybridized carbons (Fsp3) is 0.357. The van der Waals surface area contributed by atoms with Crippen LogP contribution in [0.2, 0.25) is 0 Å². The van der Waals surface area contributed by atoms with Gasteiger partial charge in [0.05, 0.1) is 24.8 Å². The number of piperidine rings is 1. The van der Waals surface area contributed by atoms with Crippen molar-refractivity contribution in [3.05, 3.63) is 75.8 Å². The standard InChI is InChI=1S/C28H29N5O3S/c1-19-2-5-23(27(35)32-10-8-22(9-11-32)21-6-3-20(17-29)4-7-21)16-24(19)30-26(34)25-18-37-28(31-25)33-12-14-36-15-13-33/h2-7,16,18,22H,8-15H2,1H3,(H,30,34). The first-order valence-corrected chi connectivity index (χ1v) is 13.4. The minimum Gasteiger partial charge on any atom is -0.378 e. The lowest BCUT2D eigenvalue weighted by molar-refractivity contribution is 0.0712. The van der Waals surface area contributed by atoms with Crippen LogP contribution in [0.15, 0.2) is 47.8 Å². The lowest BCUT2D eigenvalue weighted by Gasteiger charge is -2.32. The third kappa shape index (κ3) is 5.66. The van der Waals surface area contributed by atoms with Crippen LogP contribution in [-0.2, 0) is 4.74 Å². The van der Waals surface area contributed by atoms with E-state index in [4.69, 9.17) is 10.00 Å². The molecule has 0 aliphatic carbocycles. The summed E-state index contributed by atoms with van der Waals surface area (Å²) in [4.78, 5) is 34.7. The fourth-order valence-electron chi connectivity index (χ4n) is 4.77. The Labute approximate surface area is 220 Å². The van der Waals surface area contributed by atoms with Crippen LogP contribution < -0.4 is 10.2 Å². The summed E-state index contributed by atoms with van der Waals surface area (Å²) in [5, 5.41) is 14.5. The summed E-state index contributed by atoms with van der Waals surface area (Å²) in [6.07, 6.45) is 1.75. The van der Waals surface area contributed by atoms with Crippen LogP contribution in [0.3, 0.4) is 0 Å². The SMILES string of the molecule is Cc1ccc(C(=O)N2CCC(c3ccc(C#N)cc3)CC2)cc1NC(=O)c1csc(N2CCOCC2)n1. The van der Waals surface area contributed by atoms with Crippen molar-refractivity contribution < 1.29 is 14.3 Å². The van der Waals surface area contributed by atoms with E-state index in [-0.39, 0.29) is 11.8 Å². The Hall–Kier alpha value is -3.74. The van der Waals surface area contributed by atoms with E-state index in [9.17, 15) is 9.59 Å². The van der Waals surface area contributed by atoms with Crippen molar-refractivity contribution in [2.24, 2.45) is 0 Å². The molecule has 0 bridgehead atoms. The number of carbonyl (C=O) groups excluding carboxylic acids is 2. The number of ether oxygens (including phenoxy) is 1. The van der Waals surface area contributed by atoms with Gasteiger partial charge in [0.25, 0.3) is 11.8 Å². The number of thiazole rings is 1. The maximum absolute atomic E-state index is 13.3. The summed E-state index contributed by atoms with van der Waals surface area (Å²) in [5.74, 6) is 0.0638. The van der Waals surface area contributed by atoms with Crippen molar-refractivity contribution in [1.82, 2.24) is 9.88 Å². The lowest BCUT2D eigenvalue weighted by atomic mass is 9.89. The van der Waals surface area contributed by atoms with E-state index in [1.54, 1.807) is 11.4 Å². The number of hydrogen-bond acceptors (Lipinski definition) is 7. The van der Waals surface area contributed by atoms with Crippen LogP contribution in [-0.4, -0.2) is 61.1 Å². The Kier molecular flexibility index (Phi) is 7.49. The lowest BCUT2D eigenvalue weighted by Crippen LogP contribution is -2.38. The van der Waals surface area contributed by atoms with Gasteiger partial charge in [-0.3, -0.25) is 9.59 Å². The molecular weight excluding hydrogens is 486 g/mol. The quantitative estimate of drug-likeness (QED) is 0.540. The van der Waals surface area contributed by atoms with Gasteiger partial charge < -0.3 is 19.9 Å². The third-order valence-corrected chi connectivity index (χ3v) is 7.93. The van der Waals surface area contributed by atoms with Crippen LogP contribution in [0, 0.1) is 18.3 Å². The number of hydrogen-bond donors (Lipinski definition) is 1. The van der Waals surface area contributed by atoms with Crippen LogP contribution in [0.1, 0.15) is 56.3 Å². The first-order valence-electron chi connectivity index (χ1n) is 12.5. The summed E-state index contributed by atoms with van der Waals surface area (Å²) in [7, 11) is 0. The molecule has 1 N–H and O–H groups in total. The second-order valence-corrected chi connectivity index (χ2v) is 10.2. The highest BCUT2D eigenvalue weighted by Gasteiger charge is 2.25.